The molecule has 6 rings (SSSR count). The summed E-state index contributed by atoms with van der Waals surface area (Å²) in [5.41, 5.74) is 0. The lowest BCUT2D eigenvalue weighted by Gasteiger charge is -2.53. The summed E-state index contributed by atoms with van der Waals surface area (Å²) in [5, 5.41) is 11.9. The van der Waals surface area contributed by atoms with Crippen molar-refractivity contribution >= 4 is 5.91 Å². The molecule has 1 amide bonds. The first-order valence-electron chi connectivity index (χ1n) is 9.39. The lowest BCUT2D eigenvalue weighted by atomic mass is 9.51. The zero-order valence-corrected chi connectivity index (χ0v) is 13.9. The van der Waals surface area contributed by atoms with Gasteiger partial charge < -0.3 is 9.88 Å². The molecule has 5 heteroatoms. The second-order valence-corrected chi connectivity index (χ2v) is 8.42. The Hall–Kier alpha value is -1.39. The minimum absolute atomic E-state index is 0.0645. The number of fused-ring (bicyclic) bond motifs is 1. The zero-order valence-electron chi connectivity index (χ0n) is 13.9. The van der Waals surface area contributed by atoms with Gasteiger partial charge in [0.1, 0.15) is 5.82 Å². The van der Waals surface area contributed by atoms with Crippen molar-refractivity contribution in [2.45, 2.75) is 64.5 Å². The number of amides is 1. The number of aryl methyl sites for hydroxylation is 1. The summed E-state index contributed by atoms with van der Waals surface area (Å²) < 4.78 is 2.17. The molecule has 5 aliphatic rings. The molecule has 1 aromatic rings. The van der Waals surface area contributed by atoms with Gasteiger partial charge in [-0.15, -0.1) is 10.2 Å². The van der Waals surface area contributed by atoms with Gasteiger partial charge in [0.25, 0.3) is 0 Å². The van der Waals surface area contributed by atoms with Crippen LogP contribution in [0.3, 0.4) is 0 Å². The van der Waals surface area contributed by atoms with Gasteiger partial charge in [0.05, 0.1) is 6.04 Å². The molecule has 0 saturated heterocycles. The predicted molar refractivity (Wildman–Crippen MR) is 85.4 cm³/mol. The second-order valence-electron chi connectivity index (χ2n) is 8.42. The summed E-state index contributed by atoms with van der Waals surface area (Å²) in [7, 11) is 0. The van der Waals surface area contributed by atoms with E-state index in [1.165, 1.54) is 32.1 Å². The van der Waals surface area contributed by atoms with Crippen molar-refractivity contribution < 1.29 is 4.79 Å². The van der Waals surface area contributed by atoms with Gasteiger partial charge in [0.2, 0.25) is 5.91 Å². The first kappa shape index (κ1) is 14.0. The van der Waals surface area contributed by atoms with Crippen molar-refractivity contribution in [2.75, 3.05) is 0 Å². The summed E-state index contributed by atoms with van der Waals surface area (Å²) in [6.07, 6.45) is 8.72. The summed E-state index contributed by atoms with van der Waals surface area (Å²) in [6.45, 7) is 2.98. The third-order valence-corrected chi connectivity index (χ3v) is 7.00. The molecule has 1 N–H and O–H groups in total. The quantitative estimate of drug-likeness (QED) is 0.913. The van der Waals surface area contributed by atoms with Crippen LogP contribution in [0.2, 0.25) is 0 Å². The van der Waals surface area contributed by atoms with E-state index in [1.807, 2.05) is 6.92 Å². The van der Waals surface area contributed by atoms with E-state index in [4.69, 9.17) is 0 Å². The molecule has 2 heterocycles. The fourth-order valence-corrected chi connectivity index (χ4v) is 6.27. The Bertz CT molecular complexity index is 609. The molecule has 0 spiro atoms. The third kappa shape index (κ3) is 2.15. The van der Waals surface area contributed by atoms with Crippen LogP contribution in [0.25, 0.3) is 0 Å². The molecule has 1 unspecified atom stereocenters. The normalized spacial score (nSPS) is 40.9. The lowest BCUT2D eigenvalue weighted by Crippen LogP contribution is -2.51. The second kappa shape index (κ2) is 5.05. The fourth-order valence-electron chi connectivity index (χ4n) is 6.27. The average molecular weight is 314 g/mol. The standard InChI is InChI=1S/C18H26N4O/c1-10-20-21-17-15(3-2-4-22(10)17)19-18(23)16-13-6-11-5-12(8-13)9-14(16)7-11/h11-16H,2-9H2,1H3,(H,19,23). The minimum Gasteiger partial charge on any atom is -0.346 e. The Morgan fingerprint density at radius 2 is 1.78 bits per heavy atom. The highest BCUT2D eigenvalue weighted by molar-refractivity contribution is 5.80. The van der Waals surface area contributed by atoms with Crippen LogP contribution in [-0.2, 0) is 11.3 Å². The first-order valence-corrected chi connectivity index (χ1v) is 9.39. The van der Waals surface area contributed by atoms with Gasteiger partial charge in [-0.05, 0) is 75.5 Å². The molecule has 5 nitrogen and oxygen atoms in total. The molecule has 4 fully saturated rings. The Morgan fingerprint density at radius 3 is 2.48 bits per heavy atom. The van der Waals surface area contributed by atoms with Gasteiger partial charge in [-0.3, -0.25) is 4.79 Å². The van der Waals surface area contributed by atoms with E-state index in [0.717, 1.165) is 42.9 Å². The van der Waals surface area contributed by atoms with Crippen LogP contribution in [0.5, 0.6) is 0 Å². The molecule has 1 aliphatic heterocycles. The molecule has 4 aliphatic carbocycles. The number of carbonyl (C=O) groups is 1. The molecule has 0 radical (unpaired) electrons. The topological polar surface area (TPSA) is 59.8 Å². The van der Waals surface area contributed by atoms with E-state index in [1.54, 1.807) is 0 Å². The monoisotopic (exact) mass is 314 g/mol. The first-order chi connectivity index (χ1) is 11.2. The molecular weight excluding hydrogens is 288 g/mol. The van der Waals surface area contributed by atoms with Gasteiger partial charge in [0.15, 0.2) is 5.82 Å². The SMILES string of the molecule is Cc1nnc2n1CCCC2NC(=O)C1C2CC3CC(C2)CC1C3. The molecule has 1 atom stereocenters. The number of aromatic nitrogens is 3. The Kier molecular flexibility index (Phi) is 3.07. The van der Waals surface area contributed by atoms with Crippen LogP contribution >= 0.6 is 0 Å². The van der Waals surface area contributed by atoms with Crippen molar-refractivity contribution in [1.29, 1.82) is 0 Å². The highest BCUT2D eigenvalue weighted by atomic mass is 16.2. The highest BCUT2D eigenvalue weighted by Gasteiger charge is 2.51. The van der Waals surface area contributed by atoms with Gasteiger partial charge in [-0.2, -0.15) is 0 Å². The zero-order chi connectivity index (χ0) is 15.6. The Balaban J connectivity index is 1.34. The van der Waals surface area contributed by atoms with Gasteiger partial charge in [0, 0.05) is 12.5 Å². The number of hydrogen-bond donors (Lipinski definition) is 1. The molecule has 4 saturated carbocycles. The molecule has 1 aromatic heterocycles. The third-order valence-electron chi connectivity index (χ3n) is 7.00. The highest BCUT2D eigenvalue weighted by Crippen LogP contribution is 2.56. The number of hydrogen-bond acceptors (Lipinski definition) is 3. The number of nitrogens with zero attached hydrogens (tertiary/aromatic N) is 3. The Morgan fingerprint density at radius 1 is 1.09 bits per heavy atom. The van der Waals surface area contributed by atoms with E-state index >= 15 is 0 Å². The average Bonchev–Trinajstić information content (AvgIpc) is 2.89. The van der Waals surface area contributed by atoms with Crippen LogP contribution in [-0.4, -0.2) is 20.7 Å². The van der Waals surface area contributed by atoms with Crippen LogP contribution in [0, 0.1) is 36.5 Å². The molecular formula is C18H26N4O. The van der Waals surface area contributed by atoms with Crippen LogP contribution in [0.4, 0.5) is 0 Å². The summed E-state index contributed by atoms with van der Waals surface area (Å²) in [6, 6.07) is 0.0645. The van der Waals surface area contributed by atoms with Crippen molar-refractivity contribution in [3.05, 3.63) is 11.6 Å². The van der Waals surface area contributed by atoms with Gasteiger partial charge in [-0.25, -0.2) is 0 Å². The van der Waals surface area contributed by atoms with Crippen molar-refractivity contribution in [3.63, 3.8) is 0 Å². The van der Waals surface area contributed by atoms with E-state index in [2.05, 4.69) is 20.1 Å². The van der Waals surface area contributed by atoms with E-state index in [-0.39, 0.29) is 12.0 Å². The maximum Gasteiger partial charge on any atom is 0.224 e. The summed E-state index contributed by atoms with van der Waals surface area (Å²) >= 11 is 0. The van der Waals surface area contributed by atoms with Crippen molar-refractivity contribution in [2.24, 2.45) is 29.6 Å². The molecule has 124 valence electrons. The maximum absolute atomic E-state index is 13.0. The largest absolute Gasteiger partial charge is 0.346 e. The molecule has 23 heavy (non-hydrogen) atoms. The minimum atomic E-state index is 0.0645. The van der Waals surface area contributed by atoms with Crippen LogP contribution in [0.15, 0.2) is 0 Å². The van der Waals surface area contributed by atoms with E-state index < -0.39 is 0 Å². The molecule has 4 bridgehead atoms. The summed E-state index contributed by atoms with van der Waals surface area (Å²) in [4.78, 5) is 13.0. The van der Waals surface area contributed by atoms with E-state index in [0.29, 0.717) is 17.7 Å². The maximum atomic E-state index is 13.0. The van der Waals surface area contributed by atoms with Crippen molar-refractivity contribution in [3.8, 4) is 0 Å². The molecule has 0 aromatic carbocycles. The summed E-state index contributed by atoms with van der Waals surface area (Å²) in [5.74, 6) is 5.63. The lowest BCUT2D eigenvalue weighted by molar-refractivity contribution is -0.139. The fraction of sp³-hybridized carbons (Fsp3) is 0.833. The number of carbonyl (C=O) groups excluding carboxylic acids is 1. The van der Waals surface area contributed by atoms with E-state index in [9.17, 15) is 4.79 Å². The van der Waals surface area contributed by atoms with Gasteiger partial charge >= 0.3 is 0 Å². The van der Waals surface area contributed by atoms with Crippen LogP contribution in [0.1, 0.15) is 62.6 Å². The number of nitrogens with one attached hydrogen (secondary N) is 1. The van der Waals surface area contributed by atoms with Gasteiger partial charge in [-0.1, -0.05) is 0 Å². The van der Waals surface area contributed by atoms with Crippen molar-refractivity contribution in [1.82, 2.24) is 20.1 Å². The Labute approximate surface area is 137 Å². The number of rotatable bonds is 2. The smallest absolute Gasteiger partial charge is 0.224 e. The predicted octanol–water partition coefficient (Wildman–Crippen LogP) is 2.61. The van der Waals surface area contributed by atoms with Crippen LogP contribution < -0.4 is 5.32 Å².